The summed E-state index contributed by atoms with van der Waals surface area (Å²) in [7, 11) is 3.12. The highest BCUT2D eigenvalue weighted by molar-refractivity contribution is 14.1. The first-order valence-electron chi connectivity index (χ1n) is 30.5. The highest BCUT2D eigenvalue weighted by Gasteiger charge is 2.55. The van der Waals surface area contributed by atoms with Crippen LogP contribution in [0.2, 0.25) is 0 Å². The summed E-state index contributed by atoms with van der Waals surface area (Å²) in [5.74, 6) is -2.31. The fourth-order valence-corrected chi connectivity index (χ4v) is 14.1. The zero-order valence-corrected chi connectivity index (χ0v) is 55.7. The summed E-state index contributed by atoms with van der Waals surface area (Å²) in [5, 5.41) is 12.6. The topological polar surface area (TPSA) is 204 Å². The second kappa shape index (κ2) is 33.3. The van der Waals surface area contributed by atoms with Crippen LogP contribution in [0, 0.1) is 0 Å². The number of fused-ring (bicyclic) bond motifs is 1. The van der Waals surface area contributed by atoms with Gasteiger partial charge in [0.2, 0.25) is 6.10 Å². The van der Waals surface area contributed by atoms with E-state index in [0.717, 1.165) is 27.8 Å². The van der Waals surface area contributed by atoms with E-state index in [9.17, 15) is 9.59 Å². The van der Waals surface area contributed by atoms with Gasteiger partial charge in [0.15, 0.2) is 48.1 Å². The van der Waals surface area contributed by atoms with E-state index in [-0.39, 0.29) is 55.3 Å². The lowest BCUT2D eigenvalue weighted by Crippen LogP contribution is -2.71. The number of amides is 2. The zero-order chi connectivity index (χ0) is 65.8. The Morgan fingerprint density at radius 1 is 0.611 bits per heavy atom. The number of rotatable bonds is 32. The third-order valence-electron chi connectivity index (χ3n) is 15.6. The molecule has 0 bridgehead atoms. The number of anilines is 1. The first-order chi connectivity index (χ1) is 46.7. The minimum atomic E-state index is -1.73. The number of β-lactam (4-membered cyclic amide) rings is 1. The van der Waals surface area contributed by atoms with E-state index in [2.05, 4.69) is 38.4 Å². The summed E-state index contributed by atoms with van der Waals surface area (Å²) in [4.78, 5) is 73.6. The molecule has 486 valence electrons. The molecular weight excluding hydrogens is 1360 g/mol. The molecule has 0 aliphatic carbocycles. The summed E-state index contributed by atoms with van der Waals surface area (Å²) in [5.41, 5.74) is 5.06. The molecule has 2 aliphatic rings. The third-order valence-corrected chi connectivity index (χ3v) is 18.6. The van der Waals surface area contributed by atoms with Crippen molar-refractivity contribution in [2.45, 2.75) is 35.3 Å². The normalized spacial score (nSPS) is 14.9. The number of methoxy groups -OCH3 is 2. The van der Waals surface area contributed by atoms with Gasteiger partial charge in [-0.15, -0.1) is 23.1 Å². The lowest BCUT2D eigenvalue weighted by molar-refractivity contribution is -0.162. The number of hydrogen-bond acceptors (Lipinski definition) is 18. The molecule has 18 nitrogen and oxygen atoms in total. The molecule has 8 aromatic carbocycles. The number of halogens is 1. The van der Waals surface area contributed by atoms with Crippen molar-refractivity contribution < 1.29 is 61.9 Å². The molecular formula is C74H68IN5O13S2. The van der Waals surface area contributed by atoms with Gasteiger partial charge in [-0.25, -0.2) is 14.6 Å². The number of hydrogen-bond donors (Lipinski definition) is 2. The monoisotopic (exact) mass is 1430 g/mol. The van der Waals surface area contributed by atoms with E-state index in [4.69, 9.17) is 47.7 Å². The van der Waals surface area contributed by atoms with Crippen molar-refractivity contribution in [2.24, 2.45) is 5.16 Å². The molecule has 1 unspecified atom stereocenters. The molecule has 0 radical (unpaired) electrons. The molecule has 0 saturated carbocycles. The van der Waals surface area contributed by atoms with Crippen LogP contribution in [0.5, 0.6) is 11.5 Å². The molecule has 3 heterocycles. The van der Waals surface area contributed by atoms with Gasteiger partial charge < -0.3 is 53.4 Å². The van der Waals surface area contributed by atoms with Gasteiger partial charge in [0, 0.05) is 35.3 Å². The van der Waals surface area contributed by atoms with Gasteiger partial charge in [-0.3, -0.25) is 14.5 Å². The largest absolute Gasteiger partial charge is 0.464 e. The number of nitrogens with one attached hydrogen (secondary N) is 2. The van der Waals surface area contributed by atoms with Crippen LogP contribution in [0.1, 0.15) is 68.5 Å². The molecule has 0 spiro atoms. The average Bonchev–Trinajstić information content (AvgIpc) is 1.42. The van der Waals surface area contributed by atoms with Crippen LogP contribution in [0.25, 0.3) is 0 Å². The number of nitrogens with zero attached hydrogens (tertiary/aromatic N) is 3. The number of carbonyl (C=O) groups is 4. The quantitative estimate of drug-likeness (QED) is 0.00463. The van der Waals surface area contributed by atoms with Crippen LogP contribution in [0.4, 0.5) is 5.13 Å². The van der Waals surface area contributed by atoms with Crippen molar-refractivity contribution in [3.05, 3.63) is 297 Å². The predicted molar refractivity (Wildman–Crippen MR) is 371 cm³/mol. The van der Waals surface area contributed by atoms with Gasteiger partial charge in [-0.05, 0) is 56.6 Å². The lowest BCUT2D eigenvalue weighted by atomic mass is 9.77. The number of ether oxygens (including phenoxy) is 8. The minimum Gasteiger partial charge on any atom is -0.464 e. The van der Waals surface area contributed by atoms with Gasteiger partial charge in [-0.1, -0.05) is 246 Å². The Hall–Kier alpha value is -9.20. The number of benzene rings is 8. The average molecular weight is 1430 g/mol. The lowest BCUT2D eigenvalue weighted by Gasteiger charge is -2.49. The maximum absolute atomic E-state index is 15.6. The third kappa shape index (κ3) is 16.1. The van der Waals surface area contributed by atoms with Crippen molar-refractivity contribution in [3.8, 4) is 11.5 Å². The van der Waals surface area contributed by atoms with Crippen molar-refractivity contribution >= 4 is 80.3 Å². The Kier molecular flexibility index (Phi) is 23.5. The fraction of sp³-hybridized carbons (Fsp3) is 0.216. The van der Waals surface area contributed by atoms with Gasteiger partial charge in [0.05, 0.1) is 26.4 Å². The Morgan fingerprint density at radius 2 is 1.08 bits per heavy atom. The van der Waals surface area contributed by atoms with Crippen molar-refractivity contribution in [3.63, 3.8) is 0 Å². The highest BCUT2D eigenvalue weighted by atomic mass is 127. The van der Waals surface area contributed by atoms with Crippen LogP contribution >= 0.6 is 45.7 Å². The minimum absolute atomic E-state index is 0.0234. The van der Waals surface area contributed by atoms with Crippen LogP contribution in [0.15, 0.2) is 252 Å². The maximum Gasteiger partial charge on any atom is 0.356 e. The fourth-order valence-electron chi connectivity index (χ4n) is 11.0. The van der Waals surface area contributed by atoms with E-state index in [0.29, 0.717) is 45.2 Å². The molecule has 95 heavy (non-hydrogen) atoms. The summed E-state index contributed by atoms with van der Waals surface area (Å²) in [6, 6.07) is 70.6. The van der Waals surface area contributed by atoms with E-state index in [1.165, 1.54) is 34.1 Å². The molecule has 9 aromatic rings. The van der Waals surface area contributed by atoms with Crippen LogP contribution in [0.3, 0.4) is 0 Å². The molecule has 1 aromatic heterocycles. The number of alkyl halides is 1. The van der Waals surface area contributed by atoms with Crippen molar-refractivity contribution in [1.82, 2.24) is 15.2 Å². The van der Waals surface area contributed by atoms with E-state index in [1.807, 2.05) is 212 Å². The molecule has 2 amide bonds. The number of thioether (sulfide) groups is 1. The Morgan fingerprint density at radius 3 is 1.57 bits per heavy atom. The standard InChI is InChI=1S/C74H68IN5O13S2/c1-85-40-42-87-48-89-60-39-38-54(44-61(60)90-49-88-43-41-86-2)67(72(84)92-66(52-28-14-5-15-29-52)53-30-16-6-17-31-53)93-79-62(59-47-95-73(76-59)78-74(56-32-18-7-19-33-56,57-34-20-8-21-35-57)58-36-22-9-23-37-58)68(81)77-63-69(82)80-64(55(45-75)46-94-70(63)80)71(83)91-65(50-24-10-3-11-25-50)51-26-12-4-13-27-51/h3-39,44,47,63,65-67,70H,40-43,45-46,48-49H2,1-2H3,(H,76,78)(H,77,81)/t63-,67?,70-/m1/s1. The SMILES string of the molecule is COCCOCOc1ccc(C(ON=C(C(=O)N[C@@H]2C(=O)N3C(C(=O)OC(c4ccccc4)c4ccccc4)=C(CI)CS[C@H]23)c2csc(NC(c3ccccc3)(c3ccccc3)c3ccccc3)n2)C(=O)OC(c2ccccc2)c2ccccc2)cc1OCOCCOC. The van der Waals surface area contributed by atoms with Gasteiger partial charge in [0.1, 0.15) is 28.3 Å². The molecule has 11 rings (SSSR count). The Bertz CT molecular complexity index is 3870. The summed E-state index contributed by atoms with van der Waals surface area (Å²) in [6.07, 6.45) is -3.47. The molecule has 2 N–H and O–H groups in total. The second-order valence-electron chi connectivity index (χ2n) is 21.7. The van der Waals surface area contributed by atoms with Crippen LogP contribution < -0.4 is 20.1 Å². The molecule has 21 heteroatoms. The Labute approximate surface area is 572 Å². The second-order valence-corrected chi connectivity index (χ2v) is 24.4. The first-order valence-corrected chi connectivity index (χ1v) is 34.0. The maximum atomic E-state index is 15.6. The number of oxime groups is 1. The molecule has 3 atom stereocenters. The zero-order valence-electron chi connectivity index (χ0n) is 51.9. The van der Waals surface area contributed by atoms with E-state index < -0.39 is 64.7 Å². The van der Waals surface area contributed by atoms with Crippen LogP contribution in [-0.2, 0) is 58.0 Å². The van der Waals surface area contributed by atoms with Crippen LogP contribution in [-0.4, -0.2) is 115 Å². The van der Waals surface area contributed by atoms with Crippen molar-refractivity contribution in [1.29, 1.82) is 0 Å². The van der Waals surface area contributed by atoms with Gasteiger partial charge in [0.25, 0.3) is 11.8 Å². The number of aromatic nitrogens is 1. The predicted octanol–water partition coefficient (Wildman–Crippen LogP) is 12.8. The van der Waals surface area contributed by atoms with Gasteiger partial charge >= 0.3 is 11.9 Å². The van der Waals surface area contributed by atoms with Gasteiger partial charge in [-0.2, -0.15) is 0 Å². The number of carbonyl (C=O) groups excluding carboxylic acids is 4. The molecule has 1 fully saturated rings. The summed E-state index contributed by atoms with van der Waals surface area (Å²) in [6.45, 7) is 0.667. The Balaban J connectivity index is 0.985. The van der Waals surface area contributed by atoms with E-state index in [1.54, 1.807) is 31.7 Å². The van der Waals surface area contributed by atoms with E-state index >= 15 is 9.59 Å². The summed E-state index contributed by atoms with van der Waals surface area (Å²) < 4.78 is 47.2. The molecule has 1 saturated heterocycles. The number of esters is 2. The number of thiazole rings is 1. The highest BCUT2D eigenvalue weighted by Crippen LogP contribution is 2.44. The summed E-state index contributed by atoms with van der Waals surface area (Å²) >= 11 is 4.79. The first kappa shape index (κ1) is 67.2. The molecule has 2 aliphatic heterocycles. The van der Waals surface area contributed by atoms with Crippen molar-refractivity contribution in [2.75, 3.05) is 69.7 Å². The smallest absolute Gasteiger partial charge is 0.356 e.